The molecule has 0 aliphatic carbocycles. The number of nitrogens with one attached hydrogen (secondary N) is 1. The second-order valence-corrected chi connectivity index (χ2v) is 6.62. The Bertz CT molecular complexity index is 566. The molecule has 0 radical (unpaired) electrons. The number of aryl methyl sites for hydroxylation is 1. The number of halogens is 2. The van der Waals surface area contributed by atoms with Crippen molar-refractivity contribution in [3.05, 3.63) is 67.7 Å². The molecule has 1 unspecified atom stereocenters. The van der Waals surface area contributed by atoms with Crippen molar-refractivity contribution in [2.75, 3.05) is 6.54 Å². The van der Waals surface area contributed by atoms with Gasteiger partial charge >= 0.3 is 0 Å². The molecular formula is C17H19ClIN. The van der Waals surface area contributed by atoms with Gasteiger partial charge in [-0.2, -0.15) is 0 Å². The minimum atomic E-state index is 0.304. The van der Waals surface area contributed by atoms with Crippen LogP contribution >= 0.6 is 34.2 Å². The van der Waals surface area contributed by atoms with Crippen LogP contribution in [-0.2, 0) is 6.42 Å². The molecule has 1 atom stereocenters. The summed E-state index contributed by atoms with van der Waals surface area (Å²) in [5.74, 6) is 0. The number of likely N-dealkylation sites (N-methyl/N-ethyl adjacent to an activating group) is 1. The standard InChI is InChI=1S/C17H19ClIN/c1-3-20-17(10-13-5-8-15(19)9-6-13)16-11-14(18)7-4-12(16)2/h4-9,11,17,20H,3,10H2,1-2H3. The van der Waals surface area contributed by atoms with E-state index in [0.717, 1.165) is 18.0 Å². The smallest absolute Gasteiger partial charge is 0.0409 e. The fraction of sp³-hybridized carbons (Fsp3) is 0.294. The van der Waals surface area contributed by atoms with Crippen LogP contribution in [0.4, 0.5) is 0 Å². The van der Waals surface area contributed by atoms with Gasteiger partial charge in [-0.1, -0.05) is 36.7 Å². The summed E-state index contributed by atoms with van der Waals surface area (Å²) in [7, 11) is 0. The molecule has 2 rings (SSSR count). The molecule has 0 aromatic heterocycles. The molecule has 20 heavy (non-hydrogen) atoms. The van der Waals surface area contributed by atoms with Crippen molar-refractivity contribution in [2.24, 2.45) is 0 Å². The molecule has 2 aromatic rings. The van der Waals surface area contributed by atoms with Crippen LogP contribution < -0.4 is 5.32 Å². The number of benzene rings is 2. The molecule has 1 nitrogen and oxygen atoms in total. The summed E-state index contributed by atoms with van der Waals surface area (Å²) >= 11 is 8.49. The van der Waals surface area contributed by atoms with Gasteiger partial charge in [0, 0.05) is 14.6 Å². The van der Waals surface area contributed by atoms with E-state index >= 15 is 0 Å². The zero-order chi connectivity index (χ0) is 14.5. The van der Waals surface area contributed by atoms with Crippen molar-refractivity contribution in [2.45, 2.75) is 26.3 Å². The topological polar surface area (TPSA) is 12.0 Å². The third kappa shape index (κ3) is 4.21. The minimum Gasteiger partial charge on any atom is -0.310 e. The highest BCUT2D eigenvalue weighted by Crippen LogP contribution is 2.25. The lowest BCUT2D eigenvalue weighted by Gasteiger charge is -2.21. The molecular weight excluding hydrogens is 381 g/mol. The van der Waals surface area contributed by atoms with Crippen molar-refractivity contribution >= 4 is 34.2 Å². The van der Waals surface area contributed by atoms with Gasteiger partial charge in [-0.3, -0.25) is 0 Å². The van der Waals surface area contributed by atoms with Crippen molar-refractivity contribution in [3.63, 3.8) is 0 Å². The van der Waals surface area contributed by atoms with Crippen molar-refractivity contribution in [1.29, 1.82) is 0 Å². The Morgan fingerprint density at radius 1 is 1.15 bits per heavy atom. The van der Waals surface area contributed by atoms with Gasteiger partial charge in [0.1, 0.15) is 0 Å². The summed E-state index contributed by atoms with van der Waals surface area (Å²) in [5.41, 5.74) is 3.92. The SMILES string of the molecule is CCNC(Cc1ccc(I)cc1)c1cc(Cl)ccc1C. The zero-order valence-electron chi connectivity index (χ0n) is 11.8. The Kier molecular flexibility index (Phi) is 5.87. The Balaban J connectivity index is 2.26. The molecule has 0 saturated carbocycles. The zero-order valence-corrected chi connectivity index (χ0v) is 14.7. The summed E-state index contributed by atoms with van der Waals surface area (Å²) in [4.78, 5) is 0. The molecule has 0 aliphatic rings. The van der Waals surface area contributed by atoms with Gasteiger partial charge in [0.15, 0.2) is 0 Å². The van der Waals surface area contributed by atoms with E-state index in [-0.39, 0.29) is 0 Å². The van der Waals surface area contributed by atoms with Crippen molar-refractivity contribution in [1.82, 2.24) is 5.32 Å². The lowest BCUT2D eigenvalue weighted by Crippen LogP contribution is -2.23. The van der Waals surface area contributed by atoms with Crippen LogP contribution in [0.5, 0.6) is 0 Å². The van der Waals surface area contributed by atoms with Gasteiger partial charge in [0.05, 0.1) is 0 Å². The predicted octanol–water partition coefficient (Wildman–Crippen LogP) is 5.15. The Labute approximate surface area is 139 Å². The van der Waals surface area contributed by atoms with Crippen LogP contribution in [0.25, 0.3) is 0 Å². The molecule has 0 saturated heterocycles. The maximum atomic E-state index is 6.16. The van der Waals surface area contributed by atoms with Crippen LogP contribution in [0, 0.1) is 10.5 Å². The molecule has 0 fully saturated rings. The van der Waals surface area contributed by atoms with Gasteiger partial charge in [0.2, 0.25) is 0 Å². The summed E-state index contributed by atoms with van der Waals surface area (Å²) in [6.45, 7) is 5.23. The quantitative estimate of drug-likeness (QED) is 0.686. The second kappa shape index (κ2) is 7.43. The number of rotatable bonds is 5. The van der Waals surface area contributed by atoms with Gasteiger partial charge in [0.25, 0.3) is 0 Å². The normalized spacial score (nSPS) is 12.4. The van der Waals surface area contributed by atoms with Crippen molar-refractivity contribution < 1.29 is 0 Å². The third-order valence-corrected chi connectivity index (χ3v) is 4.37. The first-order valence-corrected chi connectivity index (χ1v) is 8.29. The molecule has 0 aliphatic heterocycles. The van der Waals surface area contributed by atoms with E-state index < -0.39 is 0 Å². The second-order valence-electron chi connectivity index (χ2n) is 4.94. The minimum absolute atomic E-state index is 0.304. The van der Waals surface area contributed by atoms with Gasteiger partial charge in [-0.15, -0.1) is 0 Å². The van der Waals surface area contributed by atoms with Crippen LogP contribution in [0.3, 0.4) is 0 Å². The van der Waals surface area contributed by atoms with Gasteiger partial charge in [-0.25, -0.2) is 0 Å². The predicted molar refractivity (Wildman–Crippen MR) is 95.5 cm³/mol. The number of hydrogen-bond acceptors (Lipinski definition) is 1. The molecule has 2 aromatic carbocycles. The van der Waals surface area contributed by atoms with E-state index in [4.69, 9.17) is 11.6 Å². The first-order chi connectivity index (χ1) is 9.60. The molecule has 106 valence electrons. The lowest BCUT2D eigenvalue weighted by molar-refractivity contribution is 0.547. The highest BCUT2D eigenvalue weighted by Gasteiger charge is 2.14. The van der Waals surface area contributed by atoms with Crippen molar-refractivity contribution in [3.8, 4) is 0 Å². The first kappa shape index (κ1) is 15.8. The van der Waals surface area contributed by atoms with E-state index in [2.05, 4.69) is 78.2 Å². The molecule has 1 N–H and O–H groups in total. The van der Waals surface area contributed by atoms with Crippen LogP contribution in [0.1, 0.15) is 29.7 Å². The fourth-order valence-electron chi connectivity index (χ4n) is 2.38. The first-order valence-electron chi connectivity index (χ1n) is 6.84. The fourth-order valence-corrected chi connectivity index (χ4v) is 2.92. The summed E-state index contributed by atoms with van der Waals surface area (Å²) < 4.78 is 1.27. The average molecular weight is 400 g/mol. The molecule has 0 bridgehead atoms. The third-order valence-electron chi connectivity index (χ3n) is 3.42. The largest absolute Gasteiger partial charge is 0.310 e. The summed E-state index contributed by atoms with van der Waals surface area (Å²) in [6.07, 6.45) is 0.978. The highest BCUT2D eigenvalue weighted by molar-refractivity contribution is 14.1. The summed E-state index contributed by atoms with van der Waals surface area (Å²) in [6, 6.07) is 15.1. The highest BCUT2D eigenvalue weighted by atomic mass is 127. The lowest BCUT2D eigenvalue weighted by atomic mass is 9.95. The Morgan fingerprint density at radius 2 is 1.85 bits per heavy atom. The molecule has 3 heteroatoms. The molecule has 0 amide bonds. The molecule has 0 heterocycles. The average Bonchev–Trinajstić information content (AvgIpc) is 2.43. The maximum Gasteiger partial charge on any atom is 0.0409 e. The van der Waals surface area contributed by atoms with Crippen LogP contribution in [0.15, 0.2) is 42.5 Å². The van der Waals surface area contributed by atoms with E-state index in [9.17, 15) is 0 Å². The Hall–Kier alpha value is -0.580. The summed E-state index contributed by atoms with van der Waals surface area (Å²) in [5, 5.41) is 4.37. The van der Waals surface area contributed by atoms with Gasteiger partial charge < -0.3 is 5.32 Å². The number of hydrogen-bond donors (Lipinski definition) is 1. The van der Waals surface area contributed by atoms with E-state index in [1.165, 1.54) is 20.3 Å². The monoisotopic (exact) mass is 399 g/mol. The maximum absolute atomic E-state index is 6.16. The van der Waals surface area contributed by atoms with E-state index in [1.54, 1.807) is 0 Å². The van der Waals surface area contributed by atoms with E-state index in [0.29, 0.717) is 6.04 Å². The van der Waals surface area contributed by atoms with Gasteiger partial charge in [-0.05, 0) is 83.4 Å². The Morgan fingerprint density at radius 3 is 2.50 bits per heavy atom. The van der Waals surface area contributed by atoms with Crippen LogP contribution in [0.2, 0.25) is 5.02 Å². The van der Waals surface area contributed by atoms with E-state index in [1.807, 2.05) is 6.07 Å². The molecule has 0 spiro atoms. The van der Waals surface area contributed by atoms with Crippen LogP contribution in [-0.4, -0.2) is 6.54 Å².